The quantitative estimate of drug-likeness (QED) is 0.159. The molecule has 0 aliphatic rings. The average molecular weight is 676 g/mol. The lowest BCUT2D eigenvalue weighted by atomic mass is 10.0. The SMILES string of the molecule is CC(=O)N[C@H](C(=O)NN(Cc1ccccc1)C[C@H](CCc1ccccc1)N(OC(=O)Cc1cnc[nH]1)C(=O)[C@@H](NC(C)=O)C(C)C)C(C)C. The summed E-state index contributed by atoms with van der Waals surface area (Å²) in [6.07, 6.45) is 3.59. The molecule has 0 bridgehead atoms. The summed E-state index contributed by atoms with van der Waals surface area (Å²) in [5.41, 5.74) is 5.33. The predicted molar refractivity (Wildman–Crippen MR) is 184 cm³/mol. The fraction of sp³-hybridized carbons (Fsp3) is 0.444. The molecule has 0 unspecified atom stereocenters. The van der Waals surface area contributed by atoms with Crippen molar-refractivity contribution in [3.8, 4) is 0 Å². The van der Waals surface area contributed by atoms with E-state index < -0.39 is 41.8 Å². The Kier molecular flexibility index (Phi) is 15.0. The van der Waals surface area contributed by atoms with Crippen LogP contribution in [0.15, 0.2) is 73.2 Å². The molecule has 0 fully saturated rings. The number of hydroxylamine groups is 2. The normalized spacial score (nSPS) is 13.0. The third kappa shape index (κ3) is 12.8. The lowest BCUT2D eigenvalue weighted by Crippen LogP contribution is -2.59. The van der Waals surface area contributed by atoms with E-state index in [0.29, 0.717) is 18.5 Å². The predicted octanol–water partition coefficient (Wildman–Crippen LogP) is 3.10. The van der Waals surface area contributed by atoms with Crippen molar-refractivity contribution >= 4 is 29.6 Å². The number of H-pyrrole nitrogens is 1. The highest BCUT2D eigenvalue weighted by atomic mass is 16.7. The van der Waals surface area contributed by atoms with Crippen molar-refractivity contribution in [1.29, 1.82) is 0 Å². The molecule has 0 saturated heterocycles. The molecule has 4 N–H and O–H groups in total. The summed E-state index contributed by atoms with van der Waals surface area (Å²) < 4.78 is 0. The number of carbonyl (C=O) groups excluding carboxylic acids is 5. The minimum Gasteiger partial charge on any atom is -0.348 e. The highest BCUT2D eigenvalue weighted by Gasteiger charge is 2.37. The first kappa shape index (κ1) is 38.4. The van der Waals surface area contributed by atoms with E-state index >= 15 is 0 Å². The molecule has 49 heavy (non-hydrogen) atoms. The van der Waals surface area contributed by atoms with E-state index in [-0.39, 0.29) is 37.3 Å². The van der Waals surface area contributed by atoms with Gasteiger partial charge in [0.1, 0.15) is 12.1 Å². The second kappa shape index (κ2) is 19.1. The van der Waals surface area contributed by atoms with Gasteiger partial charge in [-0.15, -0.1) is 0 Å². The molecule has 0 spiro atoms. The summed E-state index contributed by atoms with van der Waals surface area (Å²) in [5, 5.41) is 8.16. The number of nitrogens with zero attached hydrogens (tertiary/aromatic N) is 3. The fourth-order valence-electron chi connectivity index (χ4n) is 5.30. The van der Waals surface area contributed by atoms with Gasteiger partial charge in [0.25, 0.3) is 11.8 Å². The smallest absolute Gasteiger partial charge is 0.338 e. The monoisotopic (exact) mass is 675 g/mol. The van der Waals surface area contributed by atoms with Crippen LogP contribution in [0.2, 0.25) is 0 Å². The van der Waals surface area contributed by atoms with E-state index in [0.717, 1.165) is 16.2 Å². The first-order valence-electron chi connectivity index (χ1n) is 16.5. The molecule has 3 atom stereocenters. The van der Waals surface area contributed by atoms with Crippen molar-refractivity contribution in [3.05, 3.63) is 90.0 Å². The lowest BCUT2D eigenvalue weighted by molar-refractivity contribution is -0.211. The molecule has 13 nitrogen and oxygen atoms in total. The van der Waals surface area contributed by atoms with Crippen LogP contribution in [0, 0.1) is 11.8 Å². The first-order valence-corrected chi connectivity index (χ1v) is 16.5. The Balaban J connectivity index is 2.06. The molecule has 0 radical (unpaired) electrons. The second-order valence-corrected chi connectivity index (χ2v) is 12.7. The zero-order valence-corrected chi connectivity index (χ0v) is 29.1. The van der Waals surface area contributed by atoms with Crippen LogP contribution in [0.5, 0.6) is 0 Å². The third-order valence-corrected chi connectivity index (χ3v) is 7.76. The van der Waals surface area contributed by atoms with Crippen LogP contribution in [-0.2, 0) is 48.2 Å². The molecule has 4 amide bonds. The molecule has 13 heteroatoms. The minimum atomic E-state index is -1.00. The van der Waals surface area contributed by atoms with E-state index in [1.165, 1.54) is 26.4 Å². The van der Waals surface area contributed by atoms with Crippen molar-refractivity contribution in [2.75, 3.05) is 6.54 Å². The number of carbonyl (C=O) groups is 5. The molecule has 0 aliphatic carbocycles. The van der Waals surface area contributed by atoms with Crippen LogP contribution in [0.1, 0.15) is 64.8 Å². The van der Waals surface area contributed by atoms with Crippen molar-refractivity contribution in [2.45, 2.75) is 85.5 Å². The summed E-state index contributed by atoms with van der Waals surface area (Å²) in [4.78, 5) is 78.3. The number of amides is 4. The summed E-state index contributed by atoms with van der Waals surface area (Å²) in [6.45, 7) is 10.2. The maximum atomic E-state index is 14.4. The van der Waals surface area contributed by atoms with Gasteiger partial charge in [0.15, 0.2) is 0 Å². The van der Waals surface area contributed by atoms with Crippen LogP contribution in [0.4, 0.5) is 0 Å². The van der Waals surface area contributed by atoms with E-state index in [4.69, 9.17) is 4.84 Å². The number of aryl methyl sites for hydroxylation is 1. The molecule has 1 heterocycles. The maximum absolute atomic E-state index is 14.4. The van der Waals surface area contributed by atoms with Gasteiger partial charge >= 0.3 is 5.97 Å². The van der Waals surface area contributed by atoms with E-state index in [1.807, 2.05) is 74.5 Å². The maximum Gasteiger partial charge on any atom is 0.338 e. The number of rotatable bonds is 17. The Labute approximate surface area is 288 Å². The number of hydrogen-bond acceptors (Lipinski definition) is 8. The molecular weight excluding hydrogens is 626 g/mol. The fourth-order valence-corrected chi connectivity index (χ4v) is 5.30. The van der Waals surface area contributed by atoms with Crippen LogP contribution in [-0.4, -0.2) is 74.3 Å². The summed E-state index contributed by atoms with van der Waals surface area (Å²) in [6, 6.07) is 16.5. The lowest BCUT2D eigenvalue weighted by Gasteiger charge is -2.37. The molecular formula is C36H49N7O6. The van der Waals surface area contributed by atoms with Crippen molar-refractivity contribution in [1.82, 2.24) is 36.1 Å². The number of imidazole rings is 1. The van der Waals surface area contributed by atoms with Crippen LogP contribution in [0.3, 0.4) is 0 Å². The Bertz CT molecular complexity index is 1500. The highest BCUT2D eigenvalue weighted by molar-refractivity contribution is 5.88. The molecule has 2 aromatic carbocycles. The second-order valence-electron chi connectivity index (χ2n) is 12.7. The summed E-state index contributed by atoms with van der Waals surface area (Å²) in [7, 11) is 0. The zero-order valence-electron chi connectivity index (χ0n) is 29.1. The van der Waals surface area contributed by atoms with E-state index in [2.05, 4.69) is 26.0 Å². The van der Waals surface area contributed by atoms with Crippen molar-refractivity contribution < 1.29 is 28.8 Å². The molecule has 264 valence electrons. The van der Waals surface area contributed by atoms with Gasteiger partial charge in [0, 0.05) is 38.8 Å². The molecule has 1 aromatic heterocycles. The number of hydrazine groups is 1. The van der Waals surface area contributed by atoms with Gasteiger partial charge in [-0.2, -0.15) is 5.06 Å². The van der Waals surface area contributed by atoms with E-state index in [1.54, 1.807) is 18.9 Å². The van der Waals surface area contributed by atoms with Gasteiger partial charge in [-0.05, 0) is 35.8 Å². The summed E-state index contributed by atoms with van der Waals surface area (Å²) >= 11 is 0. The van der Waals surface area contributed by atoms with Gasteiger partial charge in [-0.25, -0.2) is 14.8 Å². The number of hydrogen-bond donors (Lipinski definition) is 4. The molecule has 0 aliphatic heterocycles. The Morgan fingerprint density at radius 2 is 1.39 bits per heavy atom. The first-order chi connectivity index (χ1) is 23.3. The largest absolute Gasteiger partial charge is 0.348 e. The summed E-state index contributed by atoms with van der Waals surface area (Å²) in [5.74, 6) is -3.07. The average Bonchev–Trinajstić information content (AvgIpc) is 3.56. The topological polar surface area (TPSA) is 166 Å². The standard InChI is InChI=1S/C36H49N7O6/c1-24(2)33(39-26(5)44)35(47)41-42(21-29-15-11-8-12-16-29)22-31(18-17-28-13-9-7-10-14-28)43(36(48)34(25(3)4)40-27(6)45)49-32(46)19-30-20-37-23-38-30/h7-16,20,23-25,31,33-34H,17-19,21-22H2,1-6H3,(H,37,38)(H,39,44)(H,40,45)(H,41,47)/t31-,33-,34-/m0/s1. The van der Waals surface area contributed by atoms with Crippen LogP contribution in [0.25, 0.3) is 0 Å². The highest BCUT2D eigenvalue weighted by Crippen LogP contribution is 2.19. The molecule has 3 aromatic rings. The van der Waals surface area contributed by atoms with Gasteiger partial charge in [-0.3, -0.25) is 24.6 Å². The van der Waals surface area contributed by atoms with Crippen molar-refractivity contribution in [2.24, 2.45) is 11.8 Å². The van der Waals surface area contributed by atoms with Crippen LogP contribution >= 0.6 is 0 Å². The Morgan fingerprint density at radius 3 is 1.92 bits per heavy atom. The Morgan fingerprint density at radius 1 is 0.816 bits per heavy atom. The molecule has 0 saturated carbocycles. The van der Waals surface area contributed by atoms with E-state index in [9.17, 15) is 24.0 Å². The van der Waals surface area contributed by atoms with Gasteiger partial charge < -0.3 is 20.5 Å². The number of nitrogens with one attached hydrogen (secondary N) is 4. The zero-order chi connectivity index (χ0) is 35.9. The van der Waals surface area contributed by atoms with Gasteiger partial charge in [-0.1, -0.05) is 88.4 Å². The Hall–Kier alpha value is -5.04. The number of aromatic nitrogens is 2. The van der Waals surface area contributed by atoms with Crippen LogP contribution < -0.4 is 16.1 Å². The number of benzene rings is 2. The number of aromatic amines is 1. The van der Waals surface area contributed by atoms with Gasteiger partial charge in [0.05, 0.1) is 18.8 Å². The van der Waals surface area contributed by atoms with Gasteiger partial charge in [0.2, 0.25) is 11.8 Å². The third-order valence-electron chi connectivity index (χ3n) is 7.76. The molecule has 3 rings (SSSR count). The minimum absolute atomic E-state index is 0.0340. The van der Waals surface area contributed by atoms with Crippen molar-refractivity contribution in [3.63, 3.8) is 0 Å².